The number of nitrogens with one attached hydrogen (secondary N) is 2. The summed E-state index contributed by atoms with van der Waals surface area (Å²) in [6, 6.07) is 6.88. The first kappa shape index (κ1) is 17.7. The molecule has 0 aliphatic heterocycles. The van der Waals surface area contributed by atoms with Gasteiger partial charge in [0, 0.05) is 5.02 Å². The Morgan fingerprint density at radius 3 is 2.52 bits per heavy atom. The molecule has 1 amide bonds. The number of hydrogen-bond acceptors (Lipinski definition) is 4. The third kappa shape index (κ3) is 7.31. The fourth-order valence-electron chi connectivity index (χ4n) is 1.38. The number of amides is 1. The van der Waals surface area contributed by atoms with E-state index in [2.05, 4.69) is 10.0 Å². The van der Waals surface area contributed by atoms with E-state index >= 15 is 0 Å². The van der Waals surface area contributed by atoms with Crippen LogP contribution in [0.1, 0.15) is 13.8 Å². The highest BCUT2D eigenvalue weighted by Crippen LogP contribution is 2.16. The van der Waals surface area contributed by atoms with Gasteiger partial charge in [0.05, 0.1) is 18.8 Å². The average molecular weight is 335 g/mol. The number of sulfonamides is 1. The Bertz CT molecular complexity index is 560. The number of halogens is 1. The first-order chi connectivity index (χ1) is 9.82. The van der Waals surface area contributed by atoms with Crippen molar-refractivity contribution in [1.82, 2.24) is 10.0 Å². The van der Waals surface area contributed by atoms with Crippen molar-refractivity contribution in [3.8, 4) is 5.75 Å². The molecule has 1 aromatic carbocycles. The maximum absolute atomic E-state index is 11.5. The van der Waals surface area contributed by atoms with Crippen LogP contribution in [0.15, 0.2) is 24.3 Å². The van der Waals surface area contributed by atoms with E-state index in [0.29, 0.717) is 10.8 Å². The molecule has 8 heteroatoms. The van der Waals surface area contributed by atoms with Crippen molar-refractivity contribution in [2.24, 2.45) is 0 Å². The molecular formula is C13H19ClN2O4S. The lowest BCUT2D eigenvalue weighted by Crippen LogP contribution is -2.40. The monoisotopic (exact) mass is 334 g/mol. The first-order valence-electron chi connectivity index (χ1n) is 6.48. The second-order valence-electron chi connectivity index (χ2n) is 4.41. The molecule has 0 aliphatic carbocycles. The lowest BCUT2D eigenvalue weighted by molar-refractivity contribution is -0.120. The summed E-state index contributed by atoms with van der Waals surface area (Å²) in [4.78, 5) is 11.5. The van der Waals surface area contributed by atoms with E-state index in [-0.39, 0.29) is 24.9 Å². The van der Waals surface area contributed by atoms with Gasteiger partial charge in [0.25, 0.3) is 0 Å². The van der Waals surface area contributed by atoms with Crippen molar-refractivity contribution >= 4 is 27.5 Å². The number of carbonyl (C=O) groups excluding carboxylic acids is 1. The van der Waals surface area contributed by atoms with Gasteiger partial charge in [-0.15, -0.1) is 0 Å². The van der Waals surface area contributed by atoms with Crippen molar-refractivity contribution in [3.63, 3.8) is 0 Å². The minimum Gasteiger partial charge on any atom is -0.489 e. The Balaban J connectivity index is 2.31. The van der Waals surface area contributed by atoms with Crippen molar-refractivity contribution in [3.05, 3.63) is 29.3 Å². The van der Waals surface area contributed by atoms with Crippen LogP contribution < -0.4 is 14.8 Å². The smallest absolute Gasteiger partial charge is 0.235 e. The van der Waals surface area contributed by atoms with Crippen molar-refractivity contribution in [1.29, 1.82) is 0 Å². The Labute approximate surface area is 129 Å². The van der Waals surface area contributed by atoms with Crippen LogP contribution in [0.3, 0.4) is 0 Å². The number of rotatable bonds is 8. The lowest BCUT2D eigenvalue weighted by Gasteiger charge is -2.15. The third-order valence-electron chi connectivity index (χ3n) is 2.57. The Morgan fingerprint density at radius 2 is 1.95 bits per heavy atom. The van der Waals surface area contributed by atoms with Gasteiger partial charge in [0.2, 0.25) is 15.9 Å². The fourth-order valence-corrected chi connectivity index (χ4v) is 2.07. The topological polar surface area (TPSA) is 84.5 Å². The van der Waals surface area contributed by atoms with Gasteiger partial charge in [-0.2, -0.15) is 0 Å². The molecule has 0 saturated heterocycles. The summed E-state index contributed by atoms with van der Waals surface area (Å²) in [6.07, 6.45) is -0.252. The zero-order valence-corrected chi connectivity index (χ0v) is 13.5. The summed E-state index contributed by atoms with van der Waals surface area (Å²) >= 11 is 5.77. The van der Waals surface area contributed by atoms with E-state index in [1.807, 2.05) is 0 Å². The predicted octanol–water partition coefficient (Wildman–Crippen LogP) is 1.16. The largest absolute Gasteiger partial charge is 0.489 e. The highest BCUT2D eigenvalue weighted by atomic mass is 35.5. The van der Waals surface area contributed by atoms with Gasteiger partial charge in [-0.3, -0.25) is 4.79 Å². The van der Waals surface area contributed by atoms with Crippen LogP contribution in [0, 0.1) is 0 Å². The van der Waals surface area contributed by atoms with Crippen LogP contribution in [0.2, 0.25) is 5.02 Å². The van der Waals surface area contributed by atoms with Gasteiger partial charge >= 0.3 is 0 Å². The maximum Gasteiger partial charge on any atom is 0.235 e. The number of ether oxygens (including phenoxy) is 1. The molecule has 0 unspecified atom stereocenters. The molecule has 0 fully saturated rings. The molecule has 0 aromatic heterocycles. The highest BCUT2D eigenvalue weighted by Gasteiger charge is 2.11. The maximum atomic E-state index is 11.5. The van der Waals surface area contributed by atoms with Gasteiger partial charge in [0.1, 0.15) is 11.9 Å². The van der Waals surface area contributed by atoms with Crippen molar-refractivity contribution < 1.29 is 17.9 Å². The van der Waals surface area contributed by atoms with Crippen molar-refractivity contribution in [2.45, 2.75) is 20.0 Å². The average Bonchev–Trinajstić information content (AvgIpc) is 2.45. The Hall–Kier alpha value is -1.31. The molecule has 0 radical (unpaired) electrons. The van der Waals surface area contributed by atoms with Gasteiger partial charge in [-0.1, -0.05) is 11.6 Å². The zero-order valence-electron chi connectivity index (χ0n) is 11.9. The van der Waals surface area contributed by atoms with E-state index in [9.17, 15) is 13.2 Å². The number of hydrogen-bond donors (Lipinski definition) is 2. The third-order valence-corrected chi connectivity index (χ3v) is 4.17. The van der Waals surface area contributed by atoms with Crippen LogP contribution in [0.5, 0.6) is 5.75 Å². The zero-order chi connectivity index (χ0) is 15.9. The minimum absolute atomic E-state index is 0.0592. The van der Waals surface area contributed by atoms with Crippen LogP contribution in [-0.2, 0) is 14.8 Å². The van der Waals surface area contributed by atoms with Crippen LogP contribution in [0.25, 0.3) is 0 Å². The molecule has 0 heterocycles. The summed E-state index contributed by atoms with van der Waals surface area (Å²) in [7, 11) is -3.36. The summed E-state index contributed by atoms with van der Waals surface area (Å²) < 4.78 is 30.1. The predicted molar refractivity (Wildman–Crippen MR) is 82.0 cm³/mol. The number of benzene rings is 1. The lowest BCUT2D eigenvalue weighted by atomic mass is 10.3. The quantitative estimate of drug-likeness (QED) is 0.747. The second-order valence-corrected chi connectivity index (χ2v) is 6.94. The SMILES string of the molecule is CCS(=O)(=O)NCC(=O)NC[C@@H](C)Oc1ccc(Cl)cc1. The molecule has 6 nitrogen and oxygen atoms in total. The molecule has 118 valence electrons. The molecule has 0 bridgehead atoms. The van der Waals surface area contributed by atoms with E-state index in [1.165, 1.54) is 6.92 Å². The summed E-state index contributed by atoms with van der Waals surface area (Å²) in [5.74, 6) is 0.183. The molecule has 2 N–H and O–H groups in total. The molecule has 1 aromatic rings. The summed E-state index contributed by atoms with van der Waals surface area (Å²) in [5.41, 5.74) is 0. The molecule has 0 aliphatic rings. The molecular weight excluding hydrogens is 316 g/mol. The second kappa shape index (κ2) is 8.21. The first-order valence-corrected chi connectivity index (χ1v) is 8.51. The van der Waals surface area contributed by atoms with Gasteiger partial charge < -0.3 is 10.1 Å². The summed E-state index contributed by atoms with van der Waals surface area (Å²) in [5, 5.41) is 3.21. The molecule has 1 atom stereocenters. The normalized spacial score (nSPS) is 12.7. The van der Waals surface area contributed by atoms with E-state index in [0.717, 1.165) is 0 Å². The minimum atomic E-state index is -3.36. The summed E-state index contributed by atoms with van der Waals surface area (Å²) in [6.45, 7) is 3.30. The Kier molecular flexibility index (Phi) is 6.94. The van der Waals surface area contributed by atoms with Gasteiger partial charge in [-0.25, -0.2) is 13.1 Å². The fraction of sp³-hybridized carbons (Fsp3) is 0.462. The molecule has 1 rings (SSSR count). The Morgan fingerprint density at radius 1 is 1.33 bits per heavy atom. The van der Waals surface area contributed by atoms with Crippen LogP contribution >= 0.6 is 11.6 Å². The van der Waals surface area contributed by atoms with Gasteiger partial charge in [-0.05, 0) is 38.1 Å². The van der Waals surface area contributed by atoms with Crippen LogP contribution in [0.4, 0.5) is 0 Å². The van der Waals surface area contributed by atoms with Crippen molar-refractivity contribution in [2.75, 3.05) is 18.8 Å². The van der Waals surface area contributed by atoms with Gasteiger partial charge in [0.15, 0.2) is 0 Å². The standard InChI is InChI=1S/C13H19ClN2O4S/c1-3-21(18,19)16-9-13(17)15-8-10(2)20-12-6-4-11(14)5-7-12/h4-7,10,16H,3,8-9H2,1-2H3,(H,15,17)/t10-/m1/s1. The van der Waals surface area contributed by atoms with E-state index < -0.39 is 15.9 Å². The number of carbonyl (C=O) groups is 1. The van der Waals surface area contributed by atoms with E-state index in [4.69, 9.17) is 16.3 Å². The van der Waals surface area contributed by atoms with Crippen LogP contribution in [-0.4, -0.2) is 39.3 Å². The molecule has 0 spiro atoms. The van der Waals surface area contributed by atoms with E-state index in [1.54, 1.807) is 31.2 Å². The molecule has 21 heavy (non-hydrogen) atoms. The molecule has 0 saturated carbocycles. The highest BCUT2D eigenvalue weighted by molar-refractivity contribution is 7.89.